The van der Waals surface area contributed by atoms with E-state index in [2.05, 4.69) is 28.6 Å². The SMILES string of the molecule is CCCOc1ccc(CNC(=NC)NCCc2ccccc2OC)cc1OC. The lowest BCUT2D eigenvalue weighted by Gasteiger charge is -2.15. The summed E-state index contributed by atoms with van der Waals surface area (Å²) in [5, 5.41) is 6.66. The van der Waals surface area contributed by atoms with E-state index in [0.717, 1.165) is 48.2 Å². The van der Waals surface area contributed by atoms with Gasteiger partial charge < -0.3 is 24.8 Å². The predicted octanol–water partition coefficient (Wildman–Crippen LogP) is 3.40. The van der Waals surface area contributed by atoms with Gasteiger partial charge in [0.25, 0.3) is 0 Å². The van der Waals surface area contributed by atoms with Crippen molar-refractivity contribution in [2.75, 3.05) is 34.4 Å². The molecule has 2 rings (SSSR count). The van der Waals surface area contributed by atoms with Crippen LogP contribution in [0.2, 0.25) is 0 Å². The van der Waals surface area contributed by atoms with Gasteiger partial charge in [0.15, 0.2) is 17.5 Å². The smallest absolute Gasteiger partial charge is 0.191 e. The molecule has 6 heteroatoms. The summed E-state index contributed by atoms with van der Waals surface area (Å²) >= 11 is 0. The van der Waals surface area contributed by atoms with Crippen molar-refractivity contribution in [1.82, 2.24) is 10.6 Å². The Morgan fingerprint density at radius 2 is 1.75 bits per heavy atom. The van der Waals surface area contributed by atoms with Crippen molar-refractivity contribution < 1.29 is 14.2 Å². The Balaban J connectivity index is 1.86. The molecule has 152 valence electrons. The Morgan fingerprint density at radius 3 is 2.46 bits per heavy atom. The molecule has 0 radical (unpaired) electrons. The average molecular weight is 386 g/mol. The molecule has 0 spiro atoms. The maximum Gasteiger partial charge on any atom is 0.191 e. The Hall–Kier alpha value is -2.89. The number of nitrogens with zero attached hydrogens (tertiary/aromatic N) is 1. The van der Waals surface area contributed by atoms with Crippen molar-refractivity contribution in [1.29, 1.82) is 0 Å². The van der Waals surface area contributed by atoms with Crippen LogP contribution in [0.25, 0.3) is 0 Å². The van der Waals surface area contributed by atoms with Crippen LogP contribution in [-0.4, -0.2) is 40.4 Å². The fourth-order valence-corrected chi connectivity index (χ4v) is 2.78. The van der Waals surface area contributed by atoms with Gasteiger partial charge in [0.05, 0.1) is 20.8 Å². The van der Waals surface area contributed by atoms with Gasteiger partial charge in [-0.2, -0.15) is 0 Å². The minimum absolute atomic E-state index is 0.638. The maximum atomic E-state index is 5.70. The van der Waals surface area contributed by atoms with Crippen LogP contribution >= 0.6 is 0 Å². The van der Waals surface area contributed by atoms with Crippen molar-refractivity contribution in [3.05, 3.63) is 53.6 Å². The number of aliphatic imine (C=N–C) groups is 1. The van der Waals surface area contributed by atoms with Crippen LogP contribution in [0.1, 0.15) is 24.5 Å². The second-order valence-electron chi connectivity index (χ2n) is 6.25. The lowest BCUT2D eigenvalue weighted by Crippen LogP contribution is -2.37. The van der Waals surface area contributed by atoms with Gasteiger partial charge in [0, 0.05) is 20.1 Å². The topological polar surface area (TPSA) is 64.1 Å². The molecule has 0 saturated carbocycles. The van der Waals surface area contributed by atoms with Gasteiger partial charge in [-0.3, -0.25) is 4.99 Å². The third kappa shape index (κ3) is 6.37. The molecule has 0 unspecified atom stereocenters. The van der Waals surface area contributed by atoms with E-state index in [4.69, 9.17) is 14.2 Å². The van der Waals surface area contributed by atoms with Crippen LogP contribution in [0.4, 0.5) is 0 Å². The van der Waals surface area contributed by atoms with Gasteiger partial charge in [-0.15, -0.1) is 0 Å². The molecule has 0 aromatic heterocycles. The van der Waals surface area contributed by atoms with E-state index < -0.39 is 0 Å². The summed E-state index contributed by atoms with van der Waals surface area (Å²) in [5.41, 5.74) is 2.26. The first-order valence-corrected chi connectivity index (χ1v) is 9.58. The summed E-state index contributed by atoms with van der Waals surface area (Å²) < 4.78 is 16.5. The number of guanidine groups is 1. The highest BCUT2D eigenvalue weighted by atomic mass is 16.5. The number of nitrogens with one attached hydrogen (secondary N) is 2. The number of benzene rings is 2. The molecule has 0 atom stereocenters. The van der Waals surface area contributed by atoms with Crippen LogP contribution in [0.5, 0.6) is 17.2 Å². The van der Waals surface area contributed by atoms with E-state index in [-0.39, 0.29) is 0 Å². The molecule has 0 fully saturated rings. The fourth-order valence-electron chi connectivity index (χ4n) is 2.78. The van der Waals surface area contributed by atoms with Crippen molar-refractivity contribution in [3.63, 3.8) is 0 Å². The summed E-state index contributed by atoms with van der Waals surface area (Å²) in [6, 6.07) is 14.0. The van der Waals surface area contributed by atoms with Gasteiger partial charge in [0.1, 0.15) is 5.75 Å². The number of hydrogen-bond acceptors (Lipinski definition) is 4. The first kappa shape index (κ1) is 21.4. The highest BCUT2D eigenvalue weighted by Crippen LogP contribution is 2.28. The number of rotatable bonds is 10. The highest BCUT2D eigenvalue weighted by Gasteiger charge is 2.07. The molecule has 2 aromatic rings. The molecule has 0 amide bonds. The molecule has 0 aliphatic carbocycles. The third-order valence-corrected chi connectivity index (χ3v) is 4.25. The summed E-state index contributed by atoms with van der Waals surface area (Å²) in [4.78, 5) is 4.28. The second-order valence-corrected chi connectivity index (χ2v) is 6.25. The molecule has 28 heavy (non-hydrogen) atoms. The van der Waals surface area contributed by atoms with Crippen LogP contribution < -0.4 is 24.8 Å². The molecule has 0 aliphatic heterocycles. The molecule has 0 bridgehead atoms. The van der Waals surface area contributed by atoms with Crippen LogP contribution in [-0.2, 0) is 13.0 Å². The molecule has 0 aliphatic rings. The molecule has 2 N–H and O–H groups in total. The normalized spacial score (nSPS) is 11.1. The van der Waals surface area contributed by atoms with Crippen molar-refractivity contribution >= 4 is 5.96 Å². The van der Waals surface area contributed by atoms with E-state index >= 15 is 0 Å². The quantitative estimate of drug-likeness (QED) is 0.485. The standard InChI is InChI=1S/C22H31N3O3/c1-5-14-28-20-11-10-17(15-21(20)27-4)16-25-22(23-2)24-13-12-18-8-6-7-9-19(18)26-3/h6-11,15H,5,12-14,16H2,1-4H3,(H2,23,24,25). The minimum Gasteiger partial charge on any atom is -0.496 e. The number of para-hydroxylation sites is 1. The first-order valence-electron chi connectivity index (χ1n) is 9.58. The lowest BCUT2D eigenvalue weighted by molar-refractivity contribution is 0.294. The van der Waals surface area contributed by atoms with E-state index in [0.29, 0.717) is 13.2 Å². The lowest BCUT2D eigenvalue weighted by atomic mass is 10.1. The first-order chi connectivity index (χ1) is 13.7. The van der Waals surface area contributed by atoms with E-state index in [9.17, 15) is 0 Å². The molecule has 0 saturated heterocycles. The third-order valence-electron chi connectivity index (χ3n) is 4.25. The van der Waals surface area contributed by atoms with Gasteiger partial charge in [-0.1, -0.05) is 31.2 Å². The van der Waals surface area contributed by atoms with Crippen molar-refractivity contribution in [2.45, 2.75) is 26.3 Å². The number of methoxy groups -OCH3 is 2. The minimum atomic E-state index is 0.638. The summed E-state index contributed by atoms with van der Waals surface area (Å²) in [6.07, 6.45) is 1.81. The predicted molar refractivity (Wildman–Crippen MR) is 114 cm³/mol. The summed E-state index contributed by atoms with van der Waals surface area (Å²) in [6.45, 7) is 4.15. The fraction of sp³-hybridized carbons (Fsp3) is 0.409. The van der Waals surface area contributed by atoms with E-state index in [1.54, 1.807) is 21.3 Å². The molecular weight excluding hydrogens is 354 g/mol. The zero-order chi connectivity index (χ0) is 20.2. The highest BCUT2D eigenvalue weighted by molar-refractivity contribution is 5.79. The monoisotopic (exact) mass is 385 g/mol. The van der Waals surface area contributed by atoms with Crippen LogP contribution in [0.15, 0.2) is 47.5 Å². The largest absolute Gasteiger partial charge is 0.496 e. The van der Waals surface area contributed by atoms with Gasteiger partial charge >= 0.3 is 0 Å². The maximum absolute atomic E-state index is 5.70. The summed E-state index contributed by atoms with van der Waals surface area (Å²) in [5.74, 6) is 3.17. The van der Waals surface area contributed by atoms with E-state index in [1.807, 2.05) is 36.4 Å². The average Bonchev–Trinajstić information content (AvgIpc) is 2.75. The van der Waals surface area contributed by atoms with Crippen LogP contribution in [0.3, 0.4) is 0 Å². The van der Waals surface area contributed by atoms with Crippen LogP contribution in [0, 0.1) is 0 Å². The Kier molecular flexibility index (Phi) is 8.98. The van der Waals surface area contributed by atoms with Crippen molar-refractivity contribution in [2.24, 2.45) is 4.99 Å². The Labute approximate surface area is 167 Å². The molecule has 2 aromatic carbocycles. The van der Waals surface area contributed by atoms with Gasteiger partial charge in [0.2, 0.25) is 0 Å². The Morgan fingerprint density at radius 1 is 0.964 bits per heavy atom. The van der Waals surface area contributed by atoms with Gasteiger partial charge in [-0.05, 0) is 42.2 Å². The zero-order valence-electron chi connectivity index (χ0n) is 17.2. The zero-order valence-corrected chi connectivity index (χ0v) is 17.2. The van der Waals surface area contributed by atoms with Crippen molar-refractivity contribution in [3.8, 4) is 17.2 Å². The second kappa shape index (κ2) is 11.7. The Bertz CT molecular complexity index is 762. The number of ether oxygens (including phenoxy) is 3. The van der Waals surface area contributed by atoms with E-state index in [1.165, 1.54) is 5.56 Å². The number of hydrogen-bond donors (Lipinski definition) is 2. The molecular formula is C22H31N3O3. The molecule has 6 nitrogen and oxygen atoms in total. The summed E-state index contributed by atoms with van der Waals surface area (Å²) in [7, 11) is 5.12. The van der Waals surface area contributed by atoms with Gasteiger partial charge in [-0.25, -0.2) is 0 Å². The molecule has 0 heterocycles.